The lowest BCUT2D eigenvalue weighted by atomic mass is 9.71. The van der Waals surface area contributed by atoms with Crippen LogP contribution in [-0.2, 0) is 19.4 Å². The van der Waals surface area contributed by atoms with Crippen molar-refractivity contribution in [2.75, 3.05) is 5.75 Å². The van der Waals surface area contributed by atoms with Gasteiger partial charge in [0.05, 0.1) is 10.5 Å². The van der Waals surface area contributed by atoms with E-state index in [1.165, 1.54) is 11.8 Å². The van der Waals surface area contributed by atoms with E-state index in [1.54, 1.807) is 0 Å². The second kappa shape index (κ2) is 3.64. The van der Waals surface area contributed by atoms with Crippen LogP contribution in [0.4, 0.5) is 0 Å². The summed E-state index contributed by atoms with van der Waals surface area (Å²) >= 11 is 1.48. The lowest BCUT2D eigenvalue weighted by molar-refractivity contribution is -0.166. The van der Waals surface area contributed by atoms with Crippen LogP contribution in [0.2, 0.25) is 0 Å². The Morgan fingerprint density at radius 2 is 2.00 bits per heavy atom. The highest BCUT2D eigenvalue weighted by molar-refractivity contribution is 8.15. The minimum atomic E-state index is -3.13. The summed E-state index contributed by atoms with van der Waals surface area (Å²) in [5, 5.41) is 0. The van der Waals surface area contributed by atoms with E-state index >= 15 is 0 Å². The van der Waals surface area contributed by atoms with E-state index in [-0.39, 0.29) is 26.9 Å². The number of esters is 1. The Morgan fingerprint density at radius 1 is 1.40 bits per heavy atom. The van der Waals surface area contributed by atoms with E-state index in [9.17, 15) is 13.2 Å². The Labute approximate surface area is 124 Å². The van der Waals surface area contributed by atoms with E-state index in [1.807, 2.05) is 20.8 Å². The molecule has 6 heteroatoms. The van der Waals surface area contributed by atoms with Crippen molar-refractivity contribution in [3.05, 3.63) is 12.7 Å². The molecule has 3 rings (SSSR count). The van der Waals surface area contributed by atoms with Crippen LogP contribution in [-0.4, -0.2) is 35.1 Å². The predicted octanol–water partition coefficient (Wildman–Crippen LogP) is 2.01. The SMILES string of the molecule is C=CC(=O)OC1(C)C2(C)CS(=O)(=O)C3SC1(C)C(C)C32. The van der Waals surface area contributed by atoms with Crippen molar-refractivity contribution in [2.45, 2.75) is 42.6 Å². The van der Waals surface area contributed by atoms with Gasteiger partial charge in [0.25, 0.3) is 0 Å². The molecular weight excluding hydrogens is 296 g/mol. The van der Waals surface area contributed by atoms with Gasteiger partial charge in [-0.2, -0.15) is 0 Å². The molecule has 1 aliphatic carbocycles. The fourth-order valence-corrected chi connectivity index (χ4v) is 10.6. The van der Waals surface area contributed by atoms with Crippen LogP contribution in [0.15, 0.2) is 12.7 Å². The van der Waals surface area contributed by atoms with Crippen molar-refractivity contribution in [1.82, 2.24) is 0 Å². The fourth-order valence-electron chi connectivity index (χ4n) is 4.78. The maximum atomic E-state index is 12.4. The molecule has 2 aliphatic heterocycles. The van der Waals surface area contributed by atoms with Gasteiger partial charge >= 0.3 is 5.97 Å². The van der Waals surface area contributed by atoms with Crippen LogP contribution in [0.25, 0.3) is 0 Å². The normalized spacial score (nSPS) is 54.9. The molecule has 0 radical (unpaired) electrons. The van der Waals surface area contributed by atoms with Crippen molar-refractivity contribution in [2.24, 2.45) is 17.3 Å². The van der Waals surface area contributed by atoms with E-state index in [4.69, 9.17) is 4.74 Å². The van der Waals surface area contributed by atoms with E-state index in [0.29, 0.717) is 0 Å². The Hall–Kier alpha value is -0.490. The molecular formula is C14H20O4S2. The average molecular weight is 316 g/mol. The lowest BCUT2D eigenvalue weighted by Gasteiger charge is -2.49. The van der Waals surface area contributed by atoms with Gasteiger partial charge < -0.3 is 4.74 Å². The topological polar surface area (TPSA) is 60.4 Å². The van der Waals surface area contributed by atoms with Crippen LogP contribution < -0.4 is 0 Å². The fraction of sp³-hybridized carbons (Fsp3) is 0.786. The monoisotopic (exact) mass is 316 g/mol. The Morgan fingerprint density at radius 3 is 2.55 bits per heavy atom. The molecule has 0 amide bonds. The van der Waals surface area contributed by atoms with Gasteiger partial charge in [0.15, 0.2) is 9.84 Å². The summed E-state index contributed by atoms with van der Waals surface area (Å²) in [5.74, 6) is -0.132. The summed E-state index contributed by atoms with van der Waals surface area (Å²) in [7, 11) is -3.13. The first-order chi connectivity index (χ1) is 9.03. The van der Waals surface area contributed by atoms with Crippen molar-refractivity contribution in [3.8, 4) is 0 Å². The number of hydrogen-bond donors (Lipinski definition) is 0. The quantitative estimate of drug-likeness (QED) is 0.576. The first kappa shape index (κ1) is 14.4. The van der Waals surface area contributed by atoms with Crippen LogP contribution in [0.3, 0.4) is 0 Å². The third-order valence-corrected chi connectivity index (χ3v) is 11.1. The average Bonchev–Trinajstić information content (AvgIpc) is 2.75. The molecule has 6 atom stereocenters. The maximum Gasteiger partial charge on any atom is 0.330 e. The number of sulfone groups is 1. The molecule has 20 heavy (non-hydrogen) atoms. The van der Waals surface area contributed by atoms with E-state index in [2.05, 4.69) is 13.5 Å². The number of carbonyl (C=O) groups excluding carboxylic acids is 1. The summed E-state index contributed by atoms with van der Waals surface area (Å²) in [6.07, 6.45) is 1.15. The molecule has 1 saturated carbocycles. The van der Waals surface area contributed by atoms with Crippen molar-refractivity contribution in [3.63, 3.8) is 0 Å². The minimum absolute atomic E-state index is 0.0464. The highest BCUT2D eigenvalue weighted by Gasteiger charge is 2.83. The lowest BCUT2D eigenvalue weighted by Crippen LogP contribution is -2.58. The molecule has 4 nitrogen and oxygen atoms in total. The van der Waals surface area contributed by atoms with Gasteiger partial charge in [-0.15, -0.1) is 11.8 Å². The summed E-state index contributed by atoms with van der Waals surface area (Å²) in [4.78, 5) is 11.8. The summed E-state index contributed by atoms with van der Waals surface area (Å²) < 4.78 is 29.9. The van der Waals surface area contributed by atoms with Crippen LogP contribution in [0.1, 0.15) is 27.7 Å². The number of carbonyl (C=O) groups is 1. The molecule has 3 aliphatic rings. The van der Waals surface area contributed by atoms with E-state index in [0.717, 1.165) is 6.08 Å². The molecule has 0 aromatic rings. The molecule has 0 aromatic heterocycles. The molecule has 0 spiro atoms. The third kappa shape index (κ3) is 1.26. The van der Waals surface area contributed by atoms with Gasteiger partial charge in [0.2, 0.25) is 0 Å². The first-order valence-corrected chi connectivity index (χ1v) is 9.38. The molecule has 2 saturated heterocycles. The molecule has 3 fully saturated rings. The van der Waals surface area contributed by atoms with Crippen molar-refractivity contribution in [1.29, 1.82) is 0 Å². The van der Waals surface area contributed by atoms with Gasteiger partial charge in [-0.25, -0.2) is 13.2 Å². The Bertz CT molecular complexity index is 613. The van der Waals surface area contributed by atoms with E-state index < -0.39 is 26.8 Å². The summed E-state index contributed by atoms with van der Waals surface area (Å²) in [6.45, 7) is 11.4. The maximum absolute atomic E-state index is 12.4. The van der Waals surface area contributed by atoms with Gasteiger partial charge in [-0.1, -0.05) is 20.4 Å². The van der Waals surface area contributed by atoms with Gasteiger partial charge in [0.1, 0.15) is 10.2 Å². The molecule has 2 heterocycles. The number of rotatable bonds is 2. The van der Waals surface area contributed by atoms with Gasteiger partial charge in [-0.3, -0.25) is 0 Å². The number of fused-ring (bicyclic) bond motifs is 1. The summed E-state index contributed by atoms with van der Waals surface area (Å²) in [5.41, 5.74) is -1.31. The number of hydrogen-bond acceptors (Lipinski definition) is 5. The second-order valence-corrected chi connectivity index (χ2v) is 10.8. The predicted molar refractivity (Wildman–Crippen MR) is 79.0 cm³/mol. The van der Waals surface area contributed by atoms with Crippen LogP contribution >= 0.6 is 11.8 Å². The van der Waals surface area contributed by atoms with Gasteiger partial charge in [-0.05, 0) is 25.7 Å². The highest BCUT2D eigenvalue weighted by atomic mass is 32.3. The van der Waals surface area contributed by atoms with Crippen molar-refractivity contribution < 1.29 is 17.9 Å². The summed E-state index contributed by atoms with van der Waals surface area (Å²) in [6, 6.07) is 0. The molecule has 6 unspecified atom stereocenters. The van der Waals surface area contributed by atoms with Crippen LogP contribution in [0, 0.1) is 17.3 Å². The Balaban J connectivity index is 2.19. The first-order valence-electron chi connectivity index (χ1n) is 6.78. The minimum Gasteiger partial charge on any atom is -0.454 e. The smallest absolute Gasteiger partial charge is 0.330 e. The highest BCUT2D eigenvalue weighted by Crippen LogP contribution is 2.77. The standard InChI is InChI=1S/C14H20O4S2/c1-6-9(15)18-14(5)12(3)7-20(16,17)11-10(12)8(2)13(14,4)19-11/h6,8,10-11H,1,7H2,2-5H3. The number of thioether (sulfide) groups is 1. The van der Waals surface area contributed by atoms with Gasteiger partial charge in [0, 0.05) is 11.5 Å². The largest absolute Gasteiger partial charge is 0.454 e. The molecule has 0 N–H and O–H groups in total. The molecule has 2 bridgehead atoms. The third-order valence-electron chi connectivity index (χ3n) is 6.16. The van der Waals surface area contributed by atoms with Crippen LogP contribution in [0.5, 0.6) is 0 Å². The molecule has 112 valence electrons. The zero-order chi connectivity index (χ0) is 15.1. The second-order valence-electron chi connectivity index (χ2n) is 6.79. The molecule has 0 aromatic carbocycles. The zero-order valence-electron chi connectivity index (χ0n) is 12.2. The van der Waals surface area contributed by atoms with Crippen molar-refractivity contribution >= 4 is 27.6 Å². The number of ether oxygens (including phenoxy) is 1. The zero-order valence-corrected chi connectivity index (χ0v) is 13.8. The Kier molecular flexibility index (Phi) is 2.63.